The summed E-state index contributed by atoms with van der Waals surface area (Å²) >= 11 is 0. The zero-order valence-corrected chi connectivity index (χ0v) is 5.73. The maximum absolute atomic E-state index is 5.51. The van der Waals surface area contributed by atoms with Gasteiger partial charge >= 0.3 is 0 Å². The van der Waals surface area contributed by atoms with Crippen molar-refractivity contribution in [2.75, 3.05) is 11.5 Å². The number of nitrogens with two attached hydrogens (primary N) is 2. The fourth-order valence-corrected chi connectivity index (χ4v) is 0.915. The van der Waals surface area contributed by atoms with Crippen LogP contribution < -0.4 is 11.5 Å². The van der Waals surface area contributed by atoms with Gasteiger partial charge < -0.3 is 11.5 Å². The second kappa shape index (κ2) is 1.85. The molecule has 0 aliphatic rings. The molecule has 4 N–H and O–H groups in total. The zero-order valence-electron chi connectivity index (χ0n) is 5.73. The third-order valence-corrected chi connectivity index (χ3v) is 1.38. The predicted molar refractivity (Wildman–Crippen MR) is 41.8 cm³/mol. The fourth-order valence-electron chi connectivity index (χ4n) is 0.915. The molecule has 0 aliphatic carbocycles. The van der Waals surface area contributed by atoms with E-state index in [1.807, 2.05) is 0 Å². The lowest BCUT2D eigenvalue weighted by atomic mass is 10.4. The quantitative estimate of drug-likeness (QED) is 0.547. The van der Waals surface area contributed by atoms with Crippen LogP contribution in [0.1, 0.15) is 0 Å². The van der Waals surface area contributed by atoms with Gasteiger partial charge in [0.15, 0.2) is 5.65 Å². The van der Waals surface area contributed by atoms with E-state index >= 15 is 0 Å². The highest BCUT2D eigenvalue weighted by Crippen LogP contribution is 2.06. The molecular formula is C6H7N5. The maximum atomic E-state index is 5.51. The largest absolute Gasteiger partial charge is 0.399 e. The molecule has 2 aromatic rings. The van der Waals surface area contributed by atoms with Gasteiger partial charge in [0.25, 0.3) is 0 Å². The molecule has 0 saturated heterocycles. The van der Waals surface area contributed by atoms with Crippen molar-refractivity contribution < 1.29 is 0 Å². The summed E-state index contributed by atoms with van der Waals surface area (Å²) in [6, 6.07) is 3.45. The second-order valence-corrected chi connectivity index (χ2v) is 2.23. The van der Waals surface area contributed by atoms with Crippen LogP contribution in [0.2, 0.25) is 0 Å². The highest BCUT2D eigenvalue weighted by molar-refractivity contribution is 5.52. The average Bonchev–Trinajstić information content (AvgIpc) is 2.27. The minimum absolute atomic E-state index is 0.260. The van der Waals surface area contributed by atoms with E-state index in [1.165, 1.54) is 0 Å². The molecule has 0 spiro atoms. The molecule has 5 heteroatoms. The summed E-state index contributed by atoms with van der Waals surface area (Å²) in [6.45, 7) is 0. The summed E-state index contributed by atoms with van der Waals surface area (Å²) in [5.74, 6) is 0.260. The van der Waals surface area contributed by atoms with Gasteiger partial charge in [-0.3, -0.25) is 0 Å². The number of hydrogen-bond acceptors (Lipinski definition) is 4. The Hall–Kier alpha value is -1.78. The van der Waals surface area contributed by atoms with Gasteiger partial charge in [-0.15, -0.1) is 5.10 Å². The number of anilines is 2. The first-order chi connectivity index (χ1) is 5.25. The van der Waals surface area contributed by atoms with Gasteiger partial charge in [0.2, 0.25) is 5.95 Å². The Kier molecular flexibility index (Phi) is 1.00. The Labute approximate surface area is 62.6 Å². The Morgan fingerprint density at radius 1 is 1.36 bits per heavy atom. The van der Waals surface area contributed by atoms with Gasteiger partial charge in [-0.25, -0.2) is 4.52 Å². The van der Waals surface area contributed by atoms with Crippen LogP contribution in [-0.4, -0.2) is 14.6 Å². The van der Waals surface area contributed by atoms with E-state index < -0.39 is 0 Å². The first-order valence-electron chi connectivity index (χ1n) is 3.13. The topological polar surface area (TPSA) is 82.2 Å². The molecule has 0 bridgehead atoms. The summed E-state index contributed by atoms with van der Waals surface area (Å²) < 4.78 is 1.58. The van der Waals surface area contributed by atoms with Crippen LogP contribution in [0.15, 0.2) is 18.3 Å². The molecule has 0 amide bonds. The van der Waals surface area contributed by atoms with Crippen molar-refractivity contribution in [1.82, 2.24) is 14.6 Å². The Bertz CT molecular complexity index is 391. The van der Waals surface area contributed by atoms with Crippen LogP contribution in [0.3, 0.4) is 0 Å². The number of hydrogen-bond donors (Lipinski definition) is 2. The number of pyridine rings is 1. The van der Waals surface area contributed by atoms with Crippen LogP contribution in [0.25, 0.3) is 5.65 Å². The minimum Gasteiger partial charge on any atom is -0.399 e. The van der Waals surface area contributed by atoms with E-state index in [9.17, 15) is 0 Å². The molecule has 56 valence electrons. The Morgan fingerprint density at radius 3 is 3.00 bits per heavy atom. The molecule has 0 radical (unpaired) electrons. The molecule has 5 nitrogen and oxygen atoms in total. The molecule has 0 fully saturated rings. The minimum atomic E-state index is 0.260. The number of fused-ring (bicyclic) bond motifs is 1. The standard InChI is InChI=1S/C6H7N5/c7-4-1-2-11-5(3-4)9-6(8)10-11/h1-3H,7H2,(H2,8,10). The normalized spacial score (nSPS) is 10.5. The Morgan fingerprint density at radius 2 is 2.18 bits per heavy atom. The Balaban J connectivity index is 2.82. The average molecular weight is 149 g/mol. The van der Waals surface area contributed by atoms with Gasteiger partial charge in [-0.05, 0) is 6.07 Å². The molecule has 0 atom stereocenters. The van der Waals surface area contributed by atoms with Crippen LogP contribution >= 0.6 is 0 Å². The first-order valence-corrected chi connectivity index (χ1v) is 3.13. The van der Waals surface area contributed by atoms with Crippen molar-refractivity contribution in [3.8, 4) is 0 Å². The summed E-state index contributed by atoms with van der Waals surface area (Å²) in [6.07, 6.45) is 1.72. The number of nitrogens with zero attached hydrogens (tertiary/aromatic N) is 3. The summed E-state index contributed by atoms with van der Waals surface area (Å²) in [5.41, 5.74) is 12.2. The zero-order chi connectivity index (χ0) is 7.84. The fraction of sp³-hybridized carbons (Fsp3) is 0. The summed E-state index contributed by atoms with van der Waals surface area (Å²) in [7, 11) is 0. The van der Waals surface area contributed by atoms with Crippen LogP contribution in [0, 0.1) is 0 Å². The molecule has 0 aromatic carbocycles. The SMILES string of the molecule is Nc1ccn2nc(N)nc2c1. The maximum Gasteiger partial charge on any atom is 0.240 e. The molecule has 11 heavy (non-hydrogen) atoms. The van der Waals surface area contributed by atoms with E-state index in [0.29, 0.717) is 11.3 Å². The third kappa shape index (κ3) is 0.861. The van der Waals surface area contributed by atoms with Crippen molar-refractivity contribution >= 4 is 17.3 Å². The predicted octanol–water partition coefficient (Wildman–Crippen LogP) is -0.106. The summed E-state index contributed by atoms with van der Waals surface area (Å²) in [5, 5.41) is 3.88. The van der Waals surface area contributed by atoms with Gasteiger partial charge in [0.05, 0.1) is 0 Å². The van der Waals surface area contributed by atoms with E-state index in [4.69, 9.17) is 11.5 Å². The smallest absolute Gasteiger partial charge is 0.240 e. The van der Waals surface area contributed by atoms with Gasteiger partial charge in [0.1, 0.15) is 0 Å². The number of rotatable bonds is 0. The van der Waals surface area contributed by atoms with Crippen LogP contribution in [0.4, 0.5) is 11.6 Å². The molecule has 0 saturated carbocycles. The van der Waals surface area contributed by atoms with E-state index in [0.717, 1.165) is 0 Å². The van der Waals surface area contributed by atoms with E-state index in [2.05, 4.69) is 10.1 Å². The molecule has 0 aliphatic heterocycles. The molecule has 2 aromatic heterocycles. The van der Waals surface area contributed by atoms with Crippen molar-refractivity contribution in [2.24, 2.45) is 0 Å². The van der Waals surface area contributed by atoms with Crippen LogP contribution in [0.5, 0.6) is 0 Å². The van der Waals surface area contributed by atoms with Gasteiger partial charge in [0, 0.05) is 18.0 Å². The lowest BCUT2D eigenvalue weighted by Gasteiger charge is -1.90. The highest BCUT2D eigenvalue weighted by atomic mass is 15.3. The molecular weight excluding hydrogens is 142 g/mol. The summed E-state index contributed by atoms with van der Waals surface area (Å²) in [4.78, 5) is 3.92. The second-order valence-electron chi connectivity index (χ2n) is 2.23. The van der Waals surface area contributed by atoms with Crippen molar-refractivity contribution in [3.05, 3.63) is 18.3 Å². The molecule has 0 unspecified atom stereocenters. The van der Waals surface area contributed by atoms with Gasteiger partial charge in [-0.1, -0.05) is 0 Å². The van der Waals surface area contributed by atoms with Crippen molar-refractivity contribution in [2.45, 2.75) is 0 Å². The number of aromatic nitrogens is 3. The molecule has 2 rings (SSSR count). The lowest BCUT2D eigenvalue weighted by molar-refractivity contribution is 0.969. The van der Waals surface area contributed by atoms with Gasteiger partial charge in [-0.2, -0.15) is 4.98 Å². The number of nitrogen functional groups attached to an aromatic ring is 2. The van der Waals surface area contributed by atoms with E-state index in [-0.39, 0.29) is 5.95 Å². The highest BCUT2D eigenvalue weighted by Gasteiger charge is 1.97. The monoisotopic (exact) mass is 149 g/mol. The van der Waals surface area contributed by atoms with E-state index in [1.54, 1.807) is 22.8 Å². The lowest BCUT2D eigenvalue weighted by Crippen LogP contribution is -1.90. The van der Waals surface area contributed by atoms with Crippen molar-refractivity contribution in [1.29, 1.82) is 0 Å². The first kappa shape index (κ1) is 5.96. The van der Waals surface area contributed by atoms with Crippen LogP contribution in [-0.2, 0) is 0 Å². The molecule has 2 heterocycles. The third-order valence-electron chi connectivity index (χ3n) is 1.38. The van der Waals surface area contributed by atoms with Crippen molar-refractivity contribution in [3.63, 3.8) is 0 Å².